The zero-order valence-corrected chi connectivity index (χ0v) is 12.6. The lowest BCUT2D eigenvalue weighted by molar-refractivity contribution is 0.747. The Bertz CT molecular complexity index is 762. The first-order chi connectivity index (χ1) is 10.2. The number of nitrogen functional groups attached to an aromatic ring is 1. The number of hydrogen-bond acceptors (Lipinski definition) is 8. The van der Waals surface area contributed by atoms with Gasteiger partial charge in [-0.15, -0.1) is 11.3 Å². The molecule has 0 atom stereocenters. The highest BCUT2D eigenvalue weighted by Gasteiger charge is 2.11. The first kappa shape index (κ1) is 13.7. The van der Waals surface area contributed by atoms with E-state index in [0.29, 0.717) is 18.3 Å². The Hall–Kier alpha value is -2.26. The van der Waals surface area contributed by atoms with E-state index in [-0.39, 0.29) is 0 Å². The van der Waals surface area contributed by atoms with Crippen LogP contribution in [0.3, 0.4) is 0 Å². The molecule has 0 radical (unpaired) electrons. The van der Waals surface area contributed by atoms with E-state index in [9.17, 15) is 0 Å². The number of hydrazine groups is 1. The zero-order valence-electron chi connectivity index (χ0n) is 11.8. The van der Waals surface area contributed by atoms with Crippen LogP contribution in [0, 0.1) is 0 Å². The molecule has 0 fully saturated rings. The molecule has 110 valence electrons. The van der Waals surface area contributed by atoms with Gasteiger partial charge in [-0.25, -0.2) is 15.8 Å². The number of thiophene rings is 1. The lowest BCUT2D eigenvalue weighted by Gasteiger charge is -2.06. The van der Waals surface area contributed by atoms with Crippen molar-refractivity contribution in [1.29, 1.82) is 0 Å². The van der Waals surface area contributed by atoms with E-state index in [1.807, 2.05) is 7.05 Å². The maximum Gasteiger partial charge on any atom is 0.240 e. The summed E-state index contributed by atoms with van der Waals surface area (Å²) < 4.78 is 1.67. The number of nitrogens with one attached hydrogen (secondary N) is 2. The summed E-state index contributed by atoms with van der Waals surface area (Å²) >= 11 is 1.64. The molecule has 3 aromatic rings. The zero-order chi connectivity index (χ0) is 14.8. The fourth-order valence-corrected chi connectivity index (χ4v) is 2.94. The molecule has 0 unspecified atom stereocenters. The second kappa shape index (κ2) is 5.62. The van der Waals surface area contributed by atoms with Crippen LogP contribution < -0.4 is 16.6 Å². The van der Waals surface area contributed by atoms with E-state index in [1.54, 1.807) is 22.3 Å². The van der Waals surface area contributed by atoms with Crippen molar-refractivity contribution in [3.63, 3.8) is 0 Å². The summed E-state index contributed by atoms with van der Waals surface area (Å²) in [7, 11) is 1.84. The summed E-state index contributed by atoms with van der Waals surface area (Å²) in [6.45, 7) is 2.61. The summed E-state index contributed by atoms with van der Waals surface area (Å²) in [6.07, 6.45) is 2.63. The smallest absolute Gasteiger partial charge is 0.240 e. The van der Waals surface area contributed by atoms with Crippen molar-refractivity contribution in [2.24, 2.45) is 12.9 Å². The fourth-order valence-electron chi connectivity index (χ4n) is 1.97. The highest BCUT2D eigenvalue weighted by atomic mass is 32.1. The molecule has 0 aliphatic rings. The van der Waals surface area contributed by atoms with E-state index < -0.39 is 0 Å². The van der Waals surface area contributed by atoms with Gasteiger partial charge in [0.1, 0.15) is 17.0 Å². The standard InChI is InChI=1S/C12H16N8S/c1-3-7-4-8-10(14-5-9-15-6-20(2)19-9)16-12(18-13)17-11(8)21-7/h4,6H,3,5,13H2,1-2H3,(H2,14,16,17,18). The van der Waals surface area contributed by atoms with Gasteiger partial charge >= 0.3 is 0 Å². The number of nitrogens with two attached hydrogens (primary N) is 1. The number of nitrogens with zero attached hydrogens (tertiary/aromatic N) is 5. The van der Waals surface area contributed by atoms with Gasteiger partial charge in [-0.3, -0.25) is 10.1 Å². The van der Waals surface area contributed by atoms with Gasteiger partial charge in [0.2, 0.25) is 5.95 Å². The van der Waals surface area contributed by atoms with Gasteiger partial charge in [-0.05, 0) is 12.5 Å². The molecule has 0 aromatic carbocycles. The largest absolute Gasteiger partial charge is 0.362 e. The molecule has 9 heteroatoms. The molecular weight excluding hydrogens is 288 g/mol. The average molecular weight is 304 g/mol. The Morgan fingerprint density at radius 1 is 1.38 bits per heavy atom. The van der Waals surface area contributed by atoms with Crippen LogP contribution >= 0.6 is 11.3 Å². The minimum absolute atomic E-state index is 0.392. The van der Waals surface area contributed by atoms with Crippen molar-refractivity contribution in [2.45, 2.75) is 19.9 Å². The van der Waals surface area contributed by atoms with Gasteiger partial charge in [-0.2, -0.15) is 10.1 Å². The van der Waals surface area contributed by atoms with Crippen LogP contribution in [-0.2, 0) is 20.0 Å². The minimum Gasteiger partial charge on any atom is -0.362 e. The van der Waals surface area contributed by atoms with Gasteiger partial charge in [0.25, 0.3) is 0 Å². The van der Waals surface area contributed by atoms with Gasteiger partial charge in [0, 0.05) is 11.9 Å². The first-order valence-electron chi connectivity index (χ1n) is 6.55. The highest BCUT2D eigenvalue weighted by molar-refractivity contribution is 7.18. The maximum atomic E-state index is 5.43. The number of anilines is 2. The predicted octanol–water partition coefficient (Wildman–Crippen LogP) is 1.28. The molecule has 8 nitrogen and oxygen atoms in total. The van der Waals surface area contributed by atoms with Crippen LogP contribution in [0.4, 0.5) is 11.8 Å². The maximum absolute atomic E-state index is 5.43. The third-order valence-electron chi connectivity index (χ3n) is 2.98. The quantitative estimate of drug-likeness (QED) is 0.481. The summed E-state index contributed by atoms with van der Waals surface area (Å²) in [6, 6.07) is 2.11. The Balaban J connectivity index is 1.93. The van der Waals surface area contributed by atoms with E-state index in [4.69, 9.17) is 5.84 Å². The summed E-state index contributed by atoms with van der Waals surface area (Å²) in [5.74, 6) is 7.26. The molecule has 0 amide bonds. The molecule has 0 bridgehead atoms. The molecule has 0 aliphatic carbocycles. The number of aromatic nitrogens is 5. The minimum atomic E-state index is 0.392. The fraction of sp³-hybridized carbons (Fsp3) is 0.333. The average Bonchev–Trinajstić information content (AvgIpc) is 3.10. The molecule has 3 heterocycles. The molecule has 3 aromatic heterocycles. The van der Waals surface area contributed by atoms with Crippen molar-refractivity contribution in [3.05, 3.63) is 23.1 Å². The molecule has 0 spiro atoms. The highest BCUT2D eigenvalue weighted by Crippen LogP contribution is 2.30. The number of fused-ring (bicyclic) bond motifs is 1. The van der Waals surface area contributed by atoms with Crippen LogP contribution in [0.15, 0.2) is 12.4 Å². The summed E-state index contributed by atoms with van der Waals surface area (Å²) in [5.41, 5.74) is 2.50. The SMILES string of the molecule is CCc1cc2c(NCc3ncn(C)n3)nc(NN)nc2s1. The second-order valence-electron chi connectivity index (χ2n) is 4.51. The number of hydrogen-bond donors (Lipinski definition) is 3. The van der Waals surface area contributed by atoms with Crippen molar-refractivity contribution in [2.75, 3.05) is 10.7 Å². The van der Waals surface area contributed by atoms with Crippen molar-refractivity contribution in [3.8, 4) is 0 Å². The Labute approximate surface area is 125 Å². The molecule has 3 rings (SSSR count). The Morgan fingerprint density at radius 2 is 2.24 bits per heavy atom. The molecule has 0 aliphatic heterocycles. The lowest BCUT2D eigenvalue weighted by atomic mass is 10.3. The van der Waals surface area contributed by atoms with E-state index in [0.717, 1.165) is 22.5 Å². The second-order valence-corrected chi connectivity index (χ2v) is 5.63. The van der Waals surface area contributed by atoms with E-state index in [2.05, 4.69) is 43.8 Å². The summed E-state index contributed by atoms with van der Waals surface area (Å²) in [4.78, 5) is 15.1. The van der Waals surface area contributed by atoms with Gasteiger partial charge in [0.15, 0.2) is 5.82 Å². The van der Waals surface area contributed by atoms with Crippen molar-refractivity contribution in [1.82, 2.24) is 24.7 Å². The monoisotopic (exact) mass is 304 g/mol. The van der Waals surface area contributed by atoms with Gasteiger partial charge < -0.3 is 5.32 Å². The molecular formula is C12H16N8S. The predicted molar refractivity (Wildman–Crippen MR) is 82.9 cm³/mol. The van der Waals surface area contributed by atoms with Crippen LogP contribution in [0.25, 0.3) is 10.2 Å². The molecule has 0 saturated heterocycles. The van der Waals surface area contributed by atoms with E-state index >= 15 is 0 Å². The molecule has 4 N–H and O–H groups in total. The van der Waals surface area contributed by atoms with Crippen molar-refractivity contribution >= 4 is 33.3 Å². The Kier molecular flexibility index (Phi) is 3.67. The van der Waals surface area contributed by atoms with Crippen LogP contribution in [0.2, 0.25) is 0 Å². The van der Waals surface area contributed by atoms with Crippen molar-refractivity contribution < 1.29 is 0 Å². The molecule has 0 saturated carbocycles. The van der Waals surface area contributed by atoms with Gasteiger partial charge in [0.05, 0.1) is 11.9 Å². The lowest BCUT2D eigenvalue weighted by Crippen LogP contribution is -2.12. The van der Waals surface area contributed by atoms with E-state index in [1.165, 1.54) is 4.88 Å². The summed E-state index contributed by atoms with van der Waals surface area (Å²) in [5, 5.41) is 8.48. The number of aryl methyl sites for hydroxylation is 2. The van der Waals surface area contributed by atoms with Crippen LogP contribution in [0.1, 0.15) is 17.6 Å². The number of rotatable bonds is 5. The first-order valence-corrected chi connectivity index (χ1v) is 7.36. The third-order valence-corrected chi connectivity index (χ3v) is 4.16. The van der Waals surface area contributed by atoms with Crippen LogP contribution in [-0.4, -0.2) is 24.7 Å². The normalized spacial score (nSPS) is 11.0. The topological polar surface area (TPSA) is 107 Å². The van der Waals surface area contributed by atoms with Crippen LogP contribution in [0.5, 0.6) is 0 Å². The third kappa shape index (κ3) is 2.78. The molecule has 21 heavy (non-hydrogen) atoms. The van der Waals surface area contributed by atoms with Gasteiger partial charge in [-0.1, -0.05) is 6.92 Å². The Morgan fingerprint density at radius 3 is 2.90 bits per heavy atom.